The second kappa shape index (κ2) is 7.55. The number of ether oxygens (including phenoxy) is 1. The Balaban J connectivity index is 1.16. The quantitative estimate of drug-likeness (QED) is 0.563. The number of aryl methyl sites for hydroxylation is 1. The predicted molar refractivity (Wildman–Crippen MR) is 120 cm³/mol. The topological polar surface area (TPSA) is 76.9 Å². The van der Waals surface area contributed by atoms with Crippen molar-refractivity contribution in [2.45, 2.75) is 44.2 Å². The van der Waals surface area contributed by atoms with E-state index < -0.39 is 5.60 Å². The number of benzene rings is 1. The van der Waals surface area contributed by atoms with Gasteiger partial charge in [-0.25, -0.2) is 14.4 Å². The molecule has 32 heavy (non-hydrogen) atoms. The van der Waals surface area contributed by atoms with Crippen LogP contribution in [0.1, 0.15) is 36.1 Å². The zero-order valence-corrected chi connectivity index (χ0v) is 18.0. The molecule has 2 N–H and O–H groups in total. The average molecular weight is 435 g/mol. The Kier molecular flexibility index (Phi) is 4.64. The molecular weight excluding hydrogens is 407 g/mol. The number of hydrogen-bond acceptors (Lipinski definition) is 6. The normalized spacial score (nSPS) is 25.4. The summed E-state index contributed by atoms with van der Waals surface area (Å²) >= 11 is 0. The summed E-state index contributed by atoms with van der Waals surface area (Å²) in [6.45, 7) is 1.63. The van der Waals surface area contributed by atoms with Gasteiger partial charge in [-0.1, -0.05) is 12.1 Å². The number of halogens is 1. The number of aromatic nitrogens is 4. The molecule has 2 saturated heterocycles. The molecule has 2 aliphatic heterocycles. The Morgan fingerprint density at radius 2 is 2.09 bits per heavy atom. The van der Waals surface area contributed by atoms with Crippen LogP contribution in [-0.2, 0) is 24.1 Å². The summed E-state index contributed by atoms with van der Waals surface area (Å²) in [6.07, 6.45) is 10.2. The maximum Gasteiger partial charge on any atom is 0.224 e. The number of nitrogens with one attached hydrogen (secondary N) is 2. The Morgan fingerprint density at radius 3 is 2.91 bits per heavy atom. The summed E-state index contributed by atoms with van der Waals surface area (Å²) in [7, 11) is 0. The number of anilines is 2. The molecule has 0 amide bonds. The Labute approximate surface area is 186 Å². The van der Waals surface area contributed by atoms with E-state index in [0.29, 0.717) is 19.1 Å². The third-order valence-corrected chi connectivity index (χ3v) is 7.05. The van der Waals surface area contributed by atoms with Crippen LogP contribution in [0.4, 0.5) is 16.2 Å². The Morgan fingerprint density at radius 1 is 1.16 bits per heavy atom. The Bertz CT molecular complexity index is 1130. The van der Waals surface area contributed by atoms with Gasteiger partial charge in [0.1, 0.15) is 12.5 Å². The van der Waals surface area contributed by atoms with Crippen LogP contribution >= 0.6 is 0 Å². The number of alkyl halides is 1. The van der Waals surface area contributed by atoms with Gasteiger partial charge in [-0.15, -0.1) is 0 Å². The van der Waals surface area contributed by atoms with Crippen LogP contribution in [0.2, 0.25) is 0 Å². The SMILES string of the molecule is FCC12CC(CNc3nc4c(c(NCc5cccc(-n6ccnc6)c5)n3)CCC4)(CO1)C2. The van der Waals surface area contributed by atoms with Crippen LogP contribution in [0.15, 0.2) is 43.0 Å². The van der Waals surface area contributed by atoms with Crippen molar-refractivity contribution in [2.24, 2.45) is 5.41 Å². The third-order valence-electron chi connectivity index (χ3n) is 7.05. The van der Waals surface area contributed by atoms with Crippen LogP contribution in [0.5, 0.6) is 0 Å². The van der Waals surface area contributed by atoms with Crippen LogP contribution < -0.4 is 10.6 Å². The summed E-state index contributed by atoms with van der Waals surface area (Å²) in [5, 5.41) is 6.97. The van der Waals surface area contributed by atoms with E-state index in [-0.39, 0.29) is 12.1 Å². The highest BCUT2D eigenvalue weighted by Gasteiger charge is 2.62. The lowest BCUT2D eigenvalue weighted by Gasteiger charge is -2.42. The van der Waals surface area contributed by atoms with E-state index in [0.717, 1.165) is 55.8 Å². The van der Waals surface area contributed by atoms with E-state index in [9.17, 15) is 4.39 Å². The summed E-state index contributed by atoms with van der Waals surface area (Å²) < 4.78 is 20.9. The fraction of sp³-hybridized carbons (Fsp3) is 0.458. The van der Waals surface area contributed by atoms with Crippen LogP contribution in [0.25, 0.3) is 5.69 Å². The van der Waals surface area contributed by atoms with Crippen molar-refractivity contribution in [1.82, 2.24) is 19.5 Å². The monoisotopic (exact) mass is 434 g/mol. The first-order valence-electron chi connectivity index (χ1n) is 11.3. The lowest BCUT2D eigenvalue weighted by atomic mass is 9.63. The molecule has 2 aliphatic carbocycles. The molecule has 7 nitrogen and oxygen atoms in total. The largest absolute Gasteiger partial charge is 0.372 e. The minimum atomic E-state index is -0.515. The summed E-state index contributed by atoms with van der Waals surface area (Å²) in [4.78, 5) is 13.7. The number of hydrogen-bond donors (Lipinski definition) is 2. The van der Waals surface area contributed by atoms with E-state index in [1.807, 2.05) is 10.8 Å². The molecule has 0 radical (unpaired) electrons. The molecule has 3 aromatic rings. The zero-order valence-electron chi connectivity index (χ0n) is 18.0. The van der Waals surface area contributed by atoms with Gasteiger partial charge in [0.15, 0.2) is 0 Å². The van der Waals surface area contributed by atoms with Gasteiger partial charge in [0.25, 0.3) is 0 Å². The lowest BCUT2D eigenvalue weighted by molar-refractivity contribution is -0.0321. The van der Waals surface area contributed by atoms with Gasteiger partial charge < -0.3 is 19.9 Å². The highest BCUT2D eigenvalue weighted by molar-refractivity contribution is 5.53. The second-order valence-electron chi connectivity index (χ2n) is 9.48. The van der Waals surface area contributed by atoms with Crippen molar-refractivity contribution in [3.8, 4) is 5.69 Å². The molecule has 0 atom stereocenters. The average Bonchev–Trinajstić information content (AvgIpc) is 3.59. The highest BCUT2D eigenvalue weighted by Crippen LogP contribution is 2.57. The summed E-state index contributed by atoms with van der Waals surface area (Å²) in [5.41, 5.74) is 4.12. The number of imidazole rings is 1. The molecule has 2 aromatic heterocycles. The lowest BCUT2D eigenvalue weighted by Crippen LogP contribution is -2.49. The molecule has 4 heterocycles. The van der Waals surface area contributed by atoms with E-state index in [4.69, 9.17) is 14.7 Å². The molecule has 1 aromatic carbocycles. The number of nitrogens with zero attached hydrogens (tertiary/aromatic N) is 4. The molecule has 4 aliphatic rings. The maximum absolute atomic E-state index is 13.2. The maximum atomic E-state index is 13.2. The molecule has 0 unspecified atom stereocenters. The van der Waals surface area contributed by atoms with Crippen molar-refractivity contribution in [1.29, 1.82) is 0 Å². The fourth-order valence-electron chi connectivity index (χ4n) is 5.48. The Hall–Kier alpha value is -3.00. The van der Waals surface area contributed by atoms with Crippen LogP contribution in [0.3, 0.4) is 0 Å². The summed E-state index contributed by atoms with van der Waals surface area (Å²) in [5.74, 6) is 1.56. The fourth-order valence-corrected chi connectivity index (χ4v) is 5.48. The third kappa shape index (κ3) is 3.43. The second-order valence-corrected chi connectivity index (χ2v) is 9.48. The van der Waals surface area contributed by atoms with Gasteiger partial charge in [0.05, 0.1) is 24.2 Å². The highest BCUT2D eigenvalue weighted by atomic mass is 19.1. The van der Waals surface area contributed by atoms with Gasteiger partial charge in [-0.3, -0.25) is 0 Å². The minimum Gasteiger partial charge on any atom is -0.372 e. The van der Waals surface area contributed by atoms with Crippen molar-refractivity contribution in [2.75, 3.05) is 30.5 Å². The summed E-state index contributed by atoms with van der Waals surface area (Å²) in [6, 6.07) is 8.39. The van der Waals surface area contributed by atoms with Crippen molar-refractivity contribution in [3.63, 3.8) is 0 Å². The van der Waals surface area contributed by atoms with E-state index in [2.05, 4.69) is 39.9 Å². The molecule has 3 fully saturated rings. The van der Waals surface area contributed by atoms with Crippen LogP contribution in [-0.4, -0.2) is 44.9 Å². The predicted octanol–water partition coefficient (Wildman–Crippen LogP) is 3.69. The van der Waals surface area contributed by atoms with Gasteiger partial charge in [0.2, 0.25) is 5.95 Å². The van der Waals surface area contributed by atoms with Gasteiger partial charge in [-0.05, 0) is 49.8 Å². The smallest absolute Gasteiger partial charge is 0.224 e. The number of fused-ring (bicyclic) bond motifs is 2. The van der Waals surface area contributed by atoms with E-state index in [1.54, 1.807) is 12.5 Å². The van der Waals surface area contributed by atoms with Gasteiger partial charge >= 0.3 is 0 Å². The van der Waals surface area contributed by atoms with Crippen molar-refractivity contribution >= 4 is 11.8 Å². The molecular formula is C24H27FN6O. The molecule has 7 rings (SSSR count). The van der Waals surface area contributed by atoms with Crippen molar-refractivity contribution in [3.05, 3.63) is 59.8 Å². The van der Waals surface area contributed by atoms with Gasteiger partial charge in [0, 0.05) is 42.1 Å². The first-order chi connectivity index (χ1) is 15.7. The molecule has 8 heteroatoms. The minimum absolute atomic E-state index is 0.0236. The molecule has 2 bridgehead atoms. The number of rotatable bonds is 8. The standard InChI is InChI=1S/C24H27FN6O/c25-13-24-11-23(12-24,15-32-24)14-28-22-29-20-6-2-5-19(20)21(30-22)27-10-17-3-1-4-18(9-17)31-8-7-26-16-31/h1,3-4,7-9,16H,2,5-6,10-15H2,(H2,27,28,29,30). The molecule has 0 spiro atoms. The molecule has 166 valence electrons. The van der Waals surface area contributed by atoms with Crippen molar-refractivity contribution < 1.29 is 9.13 Å². The van der Waals surface area contributed by atoms with Gasteiger partial charge in [-0.2, -0.15) is 4.98 Å². The van der Waals surface area contributed by atoms with Crippen LogP contribution in [0, 0.1) is 5.41 Å². The zero-order chi connectivity index (χ0) is 21.6. The van der Waals surface area contributed by atoms with E-state index >= 15 is 0 Å². The molecule has 1 saturated carbocycles. The first-order valence-corrected chi connectivity index (χ1v) is 11.3. The first kappa shape index (κ1) is 19.7. The van der Waals surface area contributed by atoms with E-state index in [1.165, 1.54) is 11.1 Å².